The molecule has 0 aliphatic carbocycles. The van der Waals surface area contributed by atoms with Crippen LogP contribution in [0.3, 0.4) is 0 Å². The summed E-state index contributed by atoms with van der Waals surface area (Å²) in [7, 11) is 0. The predicted molar refractivity (Wildman–Crippen MR) is 53.7 cm³/mol. The summed E-state index contributed by atoms with van der Waals surface area (Å²) in [5.41, 5.74) is 9.02. The van der Waals surface area contributed by atoms with Gasteiger partial charge in [-0.2, -0.15) is 0 Å². The first kappa shape index (κ1) is 9.56. The summed E-state index contributed by atoms with van der Waals surface area (Å²) in [5.74, 6) is 0. The summed E-state index contributed by atoms with van der Waals surface area (Å²) in [6, 6.07) is 4.19. The molecule has 66 valence electrons. The first-order chi connectivity index (χ1) is 5.65. The number of aryl methyl sites for hydroxylation is 2. The van der Waals surface area contributed by atoms with Crippen LogP contribution in [0.15, 0.2) is 12.1 Å². The fraction of sp³-hybridized carbons (Fsp3) is 0.400. The van der Waals surface area contributed by atoms with Crippen molar-refractivity contribution in [3.63, 3.8) is 0 Å². The molecule has 0 saturated heterocycles. The summed E-state index contributed by atoms with van der Waals surface area (Å²) in [6.07, 6.45) is 0.862. The van der Waals surface area contributed by atoms with E-state index in [2.05, 4.69) is 19.1 Å². The van der Waals surface area contributed by atoms with Crippen LogP contribution in [0.25, 0.3) is 0 Å². The van der Waals surface area contributed by atoms with Crippen LogP contribution < -0.4 is 5.73 Å². The van der Waals surface area contributed by atoms with E-state index in [4.69, 9.17) is 17.3 Å². The van der Waals surface area contributed by atoms with Crippen LogP contribution in [0.2, 0.25) is 5.02 Å². The molecule has 0 aromatic heterocycles. The van der Waals surface area contributed by atoms with Gasteiger partial charge in [0.25, 0.3) is 0 Å². The van der Waals surface area contributed by atoms with Crippen molar-refractivity contribution in [1.82, 2.24) is 0 Å². The van der Waals surface area contributed by atoms with Gasteiger partial charge in [-0.3, -0.25) is 0 Å². The third-order valence-corrected chi connectivity index (χ3v) is 2.43. The van der Waals surface area contributed by atoms with E-state index >= 15 is 0 Å². The number of rotatable bonds is 2. The van der Waals surface area contributed by atoms with E-state index in [1.165, 1.54) is 5.56 Å². The molecule has 0 saturated carbocycles. The summed E-state index contributed by atoms with van der Waals surface area (Å²) < 4.78 is 0. The zero-order valence-electron chi connectivity index (χ0n) is 7.52. The minimum Gasteiger partial charge on any atom is -0.330 e. The highest BCUT2D eigenvalue weighted by molar-refractivity contribution is 6.32. The third-order valence-electron chi connectivity index (χ3n) is 1.89. The van der Waals surface area contributed by atoms with Gasteiger partial charge in [0.1, 0.15) is 0 Å². The first-order valence-corrected chi connectivity index (χ1v) is 4.48. The van der Waals surface area contributed by atoms with E-state index in [1.807, 2.05) is 6.92 Å². The highest BCUT2D eigenvalue weighted by Gasteiger charge is 2.02. The number of hydrogen-bond acceptors (Lipinski definition) is 1. The summed E-state index contributed by atoms with van der Waals surface area (Å²) in [4.78, 5) is 0. The summed E-state index contributed by atoms with van der Waals surface area (Å²) >= 11 is 6.09. The molecule has 0 spiro atoms. The molecule has 0 atom stereocenters. The standard InChI is InChI=1S/C10H14ClN/c1-7-5-8(2)10(11)9(6-7)3-4-12/h5-6H,3-4,12H2,1-2H3. The van der Waals surface area contributed by atoms with Crippen LogP contribution in [-0.2, 0) is 6.42 Å². The molecule has 12 heavy (non-hydrogen) atoms. The summed E-state index contributed by atoms with van der Waals surface area (Å²) in [5, 5.41) is 0.867. The van der Waals surface area contributed by atoms with E-state index in [0.717, 1.165) is 22.6 Å². The highest BCUT2D eigenvalue weighted by atomic mass is 35.5. The van der Waals surface area contributed by atoms with Gasteiger partial charge < -0.3 is 5.73 Å². The third kappa shape index (κ3) is 1.99. The molecule has 2 N–H and O–H groups in total. The fourth-order valence-corrected chi connectivity index (χ4v) is 1.58. The molecule has 0 heterocycles. The zero-order chi connectivity index (χ0) is 9.14. The van der Waals surface area contributed by atoms with Crippen molar-refractivity contribution in [2.45, 2.75) is 20.3 Å². The Hall–Kier alpha value is -0.530. The van der Waals surface area contributed by atoms with Crippen LogP contribution in [0.4, 0.5) is 0 Å². The maximum atomic E-state index is 6.09. The quantitative estimate of drug-likeness (QED) is 0.749. The molecule has 0 aliphatic heterocycles. The van der Waals surface area contributed by atoms with Gasteiger partial charge in [0, 0.05) is 5.02 Å². The van der Waals surface area contributed by atoms with Crippen LogP contribution in [-0.4, -0.2) is 6.54 Å². The SMILES string of the molecule is Cc1cc(C)c(Cl)c(CCN)c1. The van der Waals surface area contributed by atoms with E-state index in [9.17, 15) is 0 Å². The van der Waals surface area contributed by atoms with Crippen molar-refractivity contribution in [2.24, 2.45) is 5.73 Å². The molecule has 0 bridgehead atoms. The Morgan fingerprint density at radius 1 is 1.33 bits per heavy atom. The minimum atomic E-state index is 0.655. The second-order valence-corrected chi connectivity index (χ2v) is 3.47. The average Bonchev–Trinajstić information content (AvgIpc) is 2.00. The lowest BCUT2D eigenvalue weighted by Crippen LogP contribution is -2.03. The van der Waals surface area contributed by atoms with Crippen LogP contribution in [0.5, 0.6) is 0 Å². The smallest absolute Gasteiger partial charge is 0.0467 e. The molecule has 2 heteroatoms. The van der Waals surface area contributed by atoms with Gasteiger partial charge in [0.05, 0.1) is 0 Å². The lowest BCUT2D eigenvalue weighted by molar-refractivity contribution is 0.964. The Kier molecular flexibility index (Phi) is 3.12. The number of halogens is 1. The zero-order valence-corrected chi connectivity index (χ0v) is 8.28. The van der Waals surface area contributed by atoms with Crippen molar-refractivity contribution in [1.29, 1.82) is 0 Å². The van der Waals surface area contributed by atoms with Gasteiger partial charge in [-0.05, 0) is 37.9 Å². The van der Waals surface area contributed by atoms with E-state index in [0.29, 0.717) is 6.54 Å². The largest absolute Gasteiger partial charge is 0.330 e. The second kappa shape index (κ2) is 3.92. The van der Waals surface area contributed by atoms with Crippen molar-refractivity contribution >= 4 is 11.6 Å². The molecular weight excluding hydrogens is 170 g/mol. The van der Waals surface area contributed by atoms with E-state index in [1.54, 1.807) is 0 Å². The Bertz CT molecular complexity index is 281. The van der Waals surface area contributed by atoms with Crippen LogP contribution >= 0.6 is 11.6 Å². The number of benzene rings is 1. The topological polar surface area (TPSA) is 26.0 Å². The molecule has 1 rings (SSSR count). The number of nitrogens with two attached hydrogens (primary N) is 1. The van der Waals surface area contributed by atoms with Gasteiger partial charge in [0.2, 0.25) is 0 Å². The Morgan fingerprint density at radius 2 is 2.00 bits per heavy atom. The van der Waals surface area contributed by atoms with Crippen molar-refractivity contribution in [3.05, 3.63) is 33.8 Å². The average molecular weight is 184 g/mol. The maximum Gasteiger partial charge on any atom is 0.0467 e. The number of hydrogen-bond donors (Lipinski definition) is 1. The molecule has 1 nitrogen and oxygen atoms in total. The lowest BCUT2D eigenvalue weighted by Gasteiger charge is -2.06. The molecule has 1 aromatic rings. The van der Waals surface area contributed by atoms with Gasteiger partial charge in [-0.1, -0.05) is 29.3 Å². The van der Waals surface area contributed by atoms with Gasteiger partial charge in [-0.15, -0.1) is 0 Å². The van der Waals surface area contributed by atoms with Crippen molar-refractivity contribution in [3.8, 4) is 0 Å². The van der Waals surface area contributed by atoms with Gasteiger partial charge >= 0.3 is 0 Å². The molecule has 1 aromatic carbocycles. The van der Waals surface area contributed by atoms with Crippen molar-refractivity contribution in [2.75, 3.05) is 6.54 Å². The normalized spacial score (nSPS) is 10.3. The van der Waals surface area contributed by atoms with Crippen molar-refractivity contribution < 1.29 is 0 Å². The summed E-state index contributed by atoms with van der Waals surface area (Å²) in [6.45, 7) is 4.75. The fourth-order valence-electron chi connectivity index (χ4n) is 1.38. The molecule has 0 fully saturated rings. The molecular formula is C10H14ClN. The predicted octanol–water partition coefficient (Wildman–Crippen LogP) is 2.46. The van der Waals surface area contributed by atoms with Gasteiger partial charge in [0.15, 0.2) is 0 Å². The van der Waals surface area contributed by atoms with E-state index < -0.39 is 0 Å². The Balaban J connectivity index is 3.09. The molecule has 0 amide bonds. The second-order valence-electron chi connectivity index (χ2n) is 3.09. The van der Waals surface area contributed by atoms with Crippen LogP contribution in [0.1, 0.15) is 16.7 Å². The van der Waals surface area contributed by atoms with E-state index in [-0.39, 0.29) is 0 Å². The molecule has 0 aliphatic rings. The molecule has 0 unspecified atom stereocenters. The lowest BCUT2D eigenvalue weighted by atomic mass is 10.1. The molecule has 0 radical (unpaired) electrons. The first-order valence-electron chi connectivity index (χ1n) is 4.11. The van der Waals surface area contributed by atoms with Gasteiger partial charge in [-0.25, -0.2) is 0 Å². The minimum absolute atomic E-state index is 0.655. The Labute approximate surface area is 78.5 Å². The highest BCUT2D eigenvalue weighted by Crippen LogP contribution is 2.22. The Morgan fingerprint density at radius 3 is 2.58 bits per heavy atom. The van der Waals surface area contributed by atoms with Crippen LogP contribution in [0, 0.1) is 13.8 Å². The monoisotopic (exact) mass is 183 g/mol. The maximum absolute atomic E-state index is 6.09.